The third kappa shape index (κ3) is 4.62. The summed E-state index contributed by atoms with van der Waals surface area (Å²) in [5.41, 5.74) is 5.19. The van der Waals surface area contributed by atoms with E-state index in [1.165, 1.54) is 32.1 Å². The number of rotatable bonds is 6. The predicted molar refractivity (Wildman–Crippen MR) is 59.4 cm³/mol. The van der Waals surface area contributed by atoms with Gasteiger partial charge in [0, 0.05) is 6.61 Å². The zero-order chi connectivity index (χ0) is 11.1. The summed E-state index contributed by atoms with van der Waals surface area (Å²) in [5, 5.41) is 2.84. The van der Waals surface area contributed by atoms with E-state index in [4.69, 9.17) is 10.5 Å². The van der Waals surface area contributed by atoms with E-state index in [2.05, 4.69) is 5.32 Å². The first kappa shape index (κ1) is 12.5. The van der Waals surface area contributed by atoms with E-state index >= 15 is 0 Å². The van der Waals surface area contributed by atoms with Crippen LogP contribution in [0, 0.1) is 5.92 Å². The average Bonchev–Trinajstić information content (AvgIpc) is 2.25. The standard InChI is InChI=1S/C11H22N2O2/c1-13-10(11(12)14)8-15-7-9-5-3-2-4-6-9/h9-10,13H,2-8H2,1H3,(H2,12,14). The lowest BCUT2D eigenvalue weighted by Gasteiger charge is -2.22. The molecule has 4 heteroatoms. The molecular formula is C11H22N2O2. The molecule has 1 unspecified atom stereocenters. The van der Waals surface area contributed by atoms with E-state index < -0.39 is 0 Å². The van der Waals surface area contributed by atoms with Gasteiger partial charge in [0.2, 0.25) is 5.91 Å². The summed E-state index contributed by atoms with van der Waals surface area (Å²) in [6, 6.07) is -0.353. The molecule has 1 saturated carbocycles. The van der Waals surface area contributed by atoms with Crippen LogP contribution >= 0.6 is 0 Å². The maximum atomic E-state index is 10.9. The summed E-state index contributed by atoms with van der Waals surface area (Å²) >= 11 is 0. The Morgan fingerprint density at radius 1 is 1.47 bits per heavy atom. The highest BCUT2D eigenvalue weighted by Crippen LogP contribution is 2.23. The van der Waals surface area contributed by atoms with Crippen molar-refractivity contribution in [2.75, 3.05) is 20.3 Å². The molecule has 1 rings (SSSR count). The number of carbonyl (C=O) groups excluding carboxylic acids is 1. The number of primary amides is 1. The van der Waals surface area contributed by atoms with E-state index in [9.17, 15) is 4.79 Å². The van der Waals surface area contributed by atoms with Gasteiger partial charge in [0.1, 0.15) is 6.04 Å². The summed E-state index contributed by atoms with van der Waals surface area (Å²) in [5.74, 6) is 0.338. The van der Waals surface area contributed by atoms with Crippen molar-refractivity contribution in [3.05, 3.63) is 0 Å². The molecule has 88 valence electrons. The van der Waals surface area contributed by atoms with Gasteiger partial charge in [-0.15, -0.1) is 0 Å². The van der Waals surface area contributed by atoms with Crippen LogP contribution in [-0.4, -0.2) is 32.2 Å². The number of nitrogens with two attached hydrogens (primary N) is 1. The Kier molecular flexibility index (Phi) is 5.65. The fourth-order valence-corrected chi connectivity index (χ4v) is 2.01. The van der Waals surface area contributed by atoms with Crippen LogP contribution in [0.25, 0.3) is 0 Å². The summed E-state index contributed by atoms with van der Waals surface area (Å²) < 4.78 is 5.52. The Morgan fingerprint density at radius 3 is 2.67 bits per heavy atom. The van der Waals surface area contributed by atoms with Gasteiger partial charge in [0.05, 0.1) is 6.61 Å². The topological polar surface area (TPSA) is 64.3 Å². The first-order valence-corrected chi connectivity index (χ1v) is 5.78. The monoisotopic (exact) mass is 214 g/mol. The van der Waals surface area contributed by atoms with Crippen LogP contribution in [-0.2, 0) is 9.53 Å². The van der Waals surface area contributed by atoms with Crippen molar-refractivity contribution < 1.29 is 9.53 Å². The maximum absolute atomic E-state index is 10.9. The Labute approximate surface area is 91.5 Å². The van der Waals surface area contributed by atoms with E-state index in [0.29, 0.717) is 12.5 Å². The molecule has 3 N–H and O–H groups in total. The number of likely N-dealkylation sites (N-methyl/N-ethyl adjacent to an activating group) is 1. The third-order valence-electron chi connectivity index (χ3n) is 3.05. The van der Waals surface area contributed by atoms with Crippen molar-refractivity contribution in [3.8, 4) is 0 Å². The molecule has 0 aromatic rings. The van der Waals surface area contributed by atoms with E-state index in [1.807, 2.05) is 0 Å². The second kappa shape index (κ2) is 6.80. The molecule has 0 aromatic carbocycles. The Balaban J connectivity index is 2.11. The first-order valence-electron chi connectivity index (χ1n) is 5.78. The first-order chi connectivity index (χ1) is 7.24. The molecule has 0 radical (unpaired) electrons. The molecule has 1 aliphatic carbocycles. The Morgan fingerprint density at radius 2 is 2.13 bits per heavy atom. The van der Waals surface area contributed by atoms with Crippen LogP contribution in [0.3, 0.4) is 0 Å². The van der Waals surface area contributed by atoms with Crippen LogP contribution in [0.15, 0.2) is 0 Å². The summed E-state index contributed by atoms with van der Waals surface area (Å²) in [6.45, 7) is 1.16. The average molecular weight is 214 g/mol. The Bertz CT molecular complexity index is 191. The minimum absolute atomic E-state index is 0.346. The highest BCUT2D eigenvalue weighted by Gasteiger charge is 2.16. The molecule has 4 nitrogen and oxygen atoms in total. The second-order valence-electron chi connectivity index (χ2n) is 4.29. The number of ether oxygens (including phenoxy) is 1. The predicted octanol–water partition coefficient (Wildman–Crippen LogP) is 0.657. The van der Waals surface area contributed by atoms with Crippen molar-refractivity contribution in [1.29, 1.82) is 0 Å². The Hall–Kier alpha value is -0.610. The molecule has 0 saturated heterocycles. The number of hydrogen-bond acceptors (Lipinski definition) is 3. The zero-order valence-corrected chi connectivity index (χ0v) is 9.50. The maximum Gasteiger partial charge on any atom is 0.236 e. The fraction of sp³-hybridized carbons (Fsp3) is 0.909. The van der Waals surface area contributed by atoms with Gasteiger partial charge in [-0.2, -0.15) is 0 Å². The molecule has 0 heterocycles. The SMILES string of the molecule is CNC(COCC1CCCCC1)C(N)=O. The lowest BCUT2D eigenvalue weighted by atomic mass is 9.90. The zero-order valence-electron chi connectivity index (χ0n) is 9.50. The third-order valence-corrected chi connectivity index (χ3v) is 3.05. The van der Waals surface area contributed by atoms with Crippen molar-refractivity contribution in [2.24, 2.45) is 11.7 Å². The molecule has 1 atom stereocenters. The molecule has 1 aliphatic rings. The highest BCUT2D eigenvalue weighted by molar-refractivity contribution is 5.79. The van der Waals surface area contributed by atoms with Crippen LogP contribution < -0.4 is 11.1 Å². The molecule has 1 fully saturated rings. The van der Waals surface area contributed by atoms with Crippen molar-refractivity contribution in [2.45, 2.75) is 38.1 Å². The van der Waals surface area contributed by atoms with Gasteiger partial charge in [-0.3, -0.25) is 4.79 Å². The summed E-state index contributed by atoms with van der Waals surface area (Å²) in [4.78, 5) is 10.9. The van der Waals surface area contributed by atoms with Gasteiger partial charge in [-0.1, -0.05) is 19.3 Å². The normalized spacial score (nSPS) is 20.1. The second-order valence-corrected chi connectivity index (χ2v) is 4.29. The van der Waals surface area contributed by atoms with Gasteiger partial charge >= 0.3 is 0 Å². The largest absolute Gasteiger partial charge is 0.379 e. The van der Waals surface area contributed by atoms with E-state index in [-0.39, 0.29) is 11.9 Å². The lowest BCUT2D eigenvalue weighted by Crippen LogP contribution is -2.43. The lowest BCUT2D eigenvalue weighted by molar-refractivity contribution is -0.121. The number of carbonyl (C=O) groups is 1. The van der Waals surface area contributed by atoms with Gasteiger partial charge in [-0.25, -0.2) is 0 Å². The summed E-state index contributed by atoms with van der Waals surface area (Å²) in [7, 11) is 1.72. The van der Waals surface area contributed by atoms with Crippen LogP contribution in [0.4, 0.5) is 0 Å². The highest BCUT2D eigenvalue weighted by atomic mass is 16.5. The van der Waals surface area contributed by atoms with Gasteiger partial charge in [-0.05, 0) is 25.8 Å². The number of amides is 1. The molecule has 0 aliphatic heterocycles. The molecule has 0 spiro atoms. The van der Waals surface area contributed by atoms with Crippen molar-refractivity contribution in [3.63, 3.8) is 0 Å². The van der Waals surface area contributed by atoms with Gasteiger partial charge < -0.3 is 15.8 Å². The van der Waals surface area contributed by atoms with E-state index in [1.54, 1.807) is 7.05 Å². The minimum Gasteiger partial charge on any atom is -0.379 e. The van der Waals surface area contributed by atoms with Crippen LogP contribution in [0.1, 0.15) is 32.1 Å². The molecule has 15 heavy (non-hydrogen) atoms. The molecular weight excluding hydrogens is 192 g/mol. The summed E-state index contributed by atoms with van der Waals surface area (Å²) in [6.07, 6.45) is 6.52. The van der Waals surface area contributed by atoms with Crippen LogP contribution in [0.5, 0.6) is 0 Å². The quantitative estimate of drug-likeness (QED) is 0.682. The van der Waals surface area contributed by atoms with Crippen molar-refractivity contribution in [1.82, 2.24) is 5.32 Å². The van der Waals surface area contributed by atoms with E-state index in [0.717, 1.165) is 6.61 Å². The van der Waals surface area contributed by atoms with Gasteiger partial charge in [0.15, 0.2) is 0 Å². The molecule has 1 amide bonds. The minimum atomic E-state index is -0.353. The van der Waals surface area contributed by atoms with Crippen LogP contribution in [0.2, 0.25) is 0 Å². The number of nitrogens with one attached hydrogen (secondary N) is 1. The number of hydrogen-bond donors (Lipinski definition) is 2. The smallest absolute Gasteiger partial charge is 0.236 e. The molecule has 0 aromatic heterocycles. The molecule has 0 bridgehead atoms. The fourth-order valence-electron chi connectivity index (χ4n) is 2.01. The van der Waals surface area contributed by atoms with Crippen molar-refractivity contribution >= 4 is 5.91 Å². The van der Waals surface area contributed by atoms with Gasteiger partial charge in [0.25, 0.3) is 0 Å².